The quantitative estimate of drug-likeness (QED) is 0.685. The zero-order chi connectivity index (χ0) is 7.98. The standard InChI is InChI=1S/C6H13NO2S.ClH/c1-3-5(4-2)10-7-6(8)9;/h5,7H,3-4H2,1-2H3,(H,8,9);1H. The first-order valence-electron chi connectivity index (χ1n) is 3.35. The minimum atomic E-state index is -0.961. The molecule has 3 nitrogen and oxygen atoms in total. The molecule has 1 amide bonds. The van der Waals surface area contributed by atoms with Crippen molar-refractivity contribution in [3.8, 4) is 0 Å². The molecule has 0 heterocycles. The van der Waals surface area contributed by atoms with Crippen molar-refractivity contribution in [1.82, 2.24) is 4.72 Å². The van der Waals surface area contributed by atoms with Gasteiger partial charge in [0.05, 0.1) is 0 Å². The van der Waals surface area contributed by atoms with Gasteiger partial charge < -0.3 is 5.11 Å². The largest absolute Gasteiger partial charge is 0.464 e. The van der Waals surface area contributed by atoms with Crippen LogP contribution in [0.4, 0.5) is 4.79 Å². The van der Waals surface area contributed by atoms with Crippen LogP contribution >= 0.6 is 24.4 Å². The molecular formula is C6H14ClNO2S. The van der Waals surface area contributed by atoms with Gasteiger partial charge in [-0.1, -0.05) is 13.8 Å². The van der Waals surface area contributed by atoms with Crippen LogP contribution < -0.4 is 4.72 Å². The summed E-state index contributed by atoms with van der Waals surface area (Å²) < 4.78 is 2.28. The summed E-state index contributed by atoms with van der Waals surface area (Å²) in [7, 11) is 0. The number of hydrogen-bond donors (Lipinski definition) is 2. The van der Waals surface area contributed by atoms with E-state index in [4.69, 9.17) is 5.11 Å². The molecule has 5 heteroatoms. The number of carbonyl (C=O) groups is 1. The zero-order valence-corrected chi connectivity index (χ0v) is 8.30. The van der Waals surface area contributed by atoms with Crippen molar-refractivity contribution in [3.05, 3.63) is 0 Å². The number of rotatable bonds is 4. The van der Waals surface area contributed by atoms with Crippen molar-refractivity contribution in [2.24, 2.45) is 0 Å². The van der Waals surface area contributed by atoms with E-state index in [1.165, 1.54) is 11.9 Å². The molecule has 0 bridgehead atoms. The predicted molar refractivity (Wildman–Crippen MR) is 50.4 cm³/mol. The minimum absolute atomic E-state index is 0. The molecule has 0 aliphatic carbocycles. The van der Waals surface area contributed by atoms with Crippen molar-refractivity contribution in [1.29, 1.82) is 0 Å². The van der Waals surface area contributed by atoms with E-state index in [9.17, 15) is 4.79 Å². The fourth-order valence-electron chi connectivity index (χ4n) is 0.589. The van der Waals surface area contributed by atoms with E-state index in [1.807, 2.05) is 13.8 Å². The Kier molecular flexibility index (Phi) is 9.83. The van der Waals surface area contributed by atoms with Crippen LogP contribution in [0.25, 0.3) is 0 Å². The third kappa shape index (κ3) is 7.81. The molecule has 0 saturated carbocycles. The Morgan fingerprint density at radius 2 is 2.00 bits per heavy atom. The zero-order valence-electron chi connectivity index (χ0n) is 6.66. The van der Waals surface area contributed by atoms with Gasteiger partial charge in [0, 0.05) is 5.25 Å². The van der Waals surface area contributed by atoms with Gasteiger partial charge in [0.15, 0.2) is 0 Å². The Hall–Kier alpha value is -0.0900. The second-order valence-electron chi connectivity index (χ2n) is 1.96. The van der Waals surface area contributed by atoms with E-state index in [0.717, 1.165) is 12.8 Å². The maximum atomic E-state index is 10.0. The molecule has 0 aromatic carbocycles. The summed E-state index contributed by atoms with van der Waals surface area (Å²) in [6, 6.07) is 0. The van der Waals surface area contributed by atoms with Crippen molar-refractivity contribution in [2.75, 3.05) is 0 Å². The molecule has 2 N–H and O–H groups in total. The van der Waals surface area contributed by atoms with Gasteiger partial charge >= 0.3 is 6.09 Å². The predicted octanol–water partition coefficient (Wildman–Crippen LogP) is 2.51. The summed E-state index contributed by atoms with van der Waals surface area (Å²) >= 11 is 1.28. The molecule has 0 rings (SSSR count). The van der Waals surface area contributed by atoms with Gasteiger partial charge in [0.25, 0.3) is 0 Å². The van der Waals surface area contributed by atoms with E-state index in [0.29, 0.717) is 5.25 Å². The van der Waals surface area contributed by atoms with E-state index in [2.05, 4.69) is 4.72 Å². The number of halogens is 1. The highest BCUT2D eigenvalue weighted by Crippen LogP contribution is 2.13. The van der Waals surface area contributed by atoms with Crippen molar-refractivity contribution in [3.63, 3.8) is 0 Å². The van der Waals surface area contributed by atoms with Gasteiger partial charge in [0.1, 0.15) is 0 Å². The van der Waals surface area contributed by atoms with Crippen LogP contribution in [0.15, 0.2) is 0 Å². The molecule has 0 radical (unpaired) electrons. The lowest BCUT2D eigenvalue weighted by Gasteiger charge is -2.09. The second kappa shape index (κ2) is 8.01. The van der Waals surface area contributed by atoms with Crippen LogP contribution in [0.1, 0.15) is 26.7 Å². The smallest absolute Gasteiger partial charge is 0.414 e. The van der Waals surface area contributed by atoms with Crippen LogP contribution in [0.3, 0.4) is 0 Å². The number of nitrogens with one attached hydrogen (secondary N) is 1. The molecule has 11 heavy (non-hydrogen) atoms. The Labute approximate surface area is 77.5 Å². The average molecular weight is 200 g/mol. The lowest BCUT2D eigenvalue weighted by Crippen LogP contribution is -2.16. The second-order valence-corrected chi connectivity index (χ2v) is 3.07. The highest BCUT2D eigenvalue weighted by Gasteiger charge is 2.04. The molecule has 0 atom stereocenters. The van der Waals surface area contributed by atoms with Gasteiger partial charge in [-0.05, 0) is 24.8 Å². The van der Waals surface area contributed by atoms with E-state index in [1.54, 1.807) is 0 Å². The fraction of sp³-hybridized carbons (Fsp3) is 0.833. The Bertz CT molecular complexity index is 109. The minimum Gasteiger partial charge on any atom is -0.464 e. The average Bonchev–Trinajstić information content (AvgIpc) is 1.90. The summed E-state index contributed by atoms with van der Waals surface area (Å²) in [6.45, 7) is 4.09. The first kappa shape index (κ1) is 13.5. The normalized spacial score (nSPS) is 9.00. The highest BCUT2D eigenvalue weighted by molar-refractivity contribution is 7.98. The van der Waals surface area contributed by atoms with Crippen LogP contribution in [0.2, 0.25) is 0 Å². The SMILES string of the molecule is CCC(CC)SNC(=O)O.Cl. The lowest BCUT2D eigenvalue weighted by molar-refractivity contribution is 0.202. The molecular weight excluding hydrogens is 186 g/mol. The van der Waals surface area contributed by atoms with Gasteiger partial charge in [0.2, 0.25) is 0 Å². The first-order valence-corrected chi connectivity index (χ1v) is 4.23. The van der Waals surface area contributed by atoms with Crippen LogP contribution in [0.5, 0.6) is 0 Å². The molecule has 0 aliphatic rings. The van der Waals surface area contributed by atoms with E-state index < -0.39 is 6.09 Å². The van der Waals surface area contributed by atoms with Crippen LogP contribution in [0, 0.1) is 0 Å². The first-order chi connectivity index (χ1) is 4.70. The summed E-state index contributed by atoms with van der Waals surface area (Å²) in [5, 5.41) is 8.63. The summed E-state index contributed by atoms with van der Waals surface area (Å²) in [5.41, 5.74) is 0. The van der Waals surface area contributed by atoms with Gasteiger partial charge in [-0.2, -0.15) is 0 Å². The van der Waals surface area contributed by atoms with E-state index >= 15 is 0 Å². The number of hydrogen-bond acceptors (Lipinski definition) is 2. The molecule has 0 unspecified atom stereocenters. The molecule has 68 valence electrons. The molecule has 0 saturated heterocycles. The summed E-state index contributed by atoms with van der Waals surface area (Å²) in [5.74, 6) is 0. The van der Waals surface area contributed by atoms with Crippen LogP contribution in [-0.4, -0.2) is 16.4 Å². The molecule has 0 aromatic rings. The lowest BCUT2D eigenvalue weighted by atomic mass is 10.3. The topological polar surface area (TPSA) is 49.3 Å². The highest BCUT2D eigenvalue weighted by atomic mass is 35.5. The Balaban J connectivity index is 0. The molecule has 0 spiro atoms. The maximum absolute atomic E-state index is 10.0. The van der Waals surface area contributed by atoms with Crippen molar-refractivity contribution >= 4 is 30.4 Å². The summed E-state index contributed by atoms with van der Waals surface area (Å²) in [6.07, 6.45) is 1.04. The third-order valence-corrected chi connectivity index (χ3v) is 2.52. The Morgan fingerprint density at radius 3 is 2.27 bits per heavy atom. The maximum Gasteiger partial charge on any atom is 0.414 e. The van der Waals surface area contributed by atoms with Gasteiger partial charge in [-0.3, -0.25) is 4.72 Å². The number of carboxylic acid groups (broad SMARTS) is 1. The van der Waals surface area contributed by atoms with Crippen molar-refractivity contribution in [2.45, 2.75) is 31.9 Å². The monoisotopic (exact) mass is 199 g/mol. The van der Waals surface area contributed by atoms with Gasteiger partial charge in [-0.15, -0.1) is 12.4 Å². The summed E-state index contributed by atoms with van der Waals surface area (Å²) in [4.78, 5) is 10.0. The number of amides is 1. The Morgan fingerprint density at radius 1 is 1.55 bits per heavy atom. The van der Waals surface area contributed by atoms with E-state index in [-0.39, 0.29) is 12.4 Å². The van der Waals surface area contributed by atoms with Gasteiger partial charge in [-0.25, -0.2) is 4.79 Å². The molecule has 0 aromatic heterocycles. The molecule has 0 fully saturated rings. The fourth-order valence-corrected chi connectivity index (χ4v) is 1.19. The van der Waals surface area contributed by atoms with Crippen LogP contribution in [-0.2, 0) is 0 Å². The third-order valence-electron chi connectivity index (χ3n) is 1.22. The van der Waals surface area contributed by atoms with Crippen molar-refractivity contribution < 1.29 is 9.90 Å². The molecule has 0 aliphatic heterocycles.